The number of rotatable bonds is 53. The van der Waals surface area contributed by atoms with Crippen LogP contribution < -0.4 is 43.0 Å². The van der Waals surface area contributed by atoms with E-state index < -0.39 is 153 Å². The summed E-state index contributed by atoms with van der Waals surface area (Å²) in [4.78, 5) is 95.0. The third-order valence-electron chi connectivity index (χ3n) is 14.2. The molecule has 41 nitrogen and oxygen atoms in total. The van der Waals surface area contributed by atoms with Crippen molar-refractivity contribution < 1.29 is 160 Å². The van der Waals surface area contributed by atoms with Gasteiger partial charge in [0.25, 0.3) is 5.97 Å². The van der Waals surface area contributed by atoms with E-state index in [1.165, 1.54) is 20.8 Å². The number of carbonyl (C=O) groups excluding carboxylic acids is 7. The molecule has 3 rings (SSSR count). The Balaban J connectivity index is 0.00000826. The number of nitrogens with one attached hydrogen (secondary N) is 7. The summed E-state index contributed by atoms with van der Waals surface area (Å²) in [5.74, 6) is -4.09. The van der Waals surface area contributed by atoms with Crippen molar-refractivity contribution in [3.63, 3.8) is 0 Å². The molecule has 3 heterocycles. The molecule has 0 aromatic carbocycles. The van der Waals surface area contributed by atoms with E-state index in [-0.39, 0.29) is 195 Å². The van der Waals surface area contributed by atoms with Crippen LogP contribution in [0.15, 0.2) is 0 Å². The maximum atomic E-state index is 12.9. The lowest BCUT2D eigenvalue weighted by atomic mass is 9.97. The molecule has 582 valence electrons. The molecule has 0 spiro atoms. The Morgan fingerprint density at radius 2 is 0.620 bits per heavy atom. The van der Waals surface area contributed by atoms with Crippen LogP contribution in [-0.4, -0.2) is 381 Å². The van der Waals surface area contributed by atoms with Gasteiger partial charge in [-0.3, -0.25) is 38.4 Å². The van der Waals surface area contributed by atoms with E-state index in [2.05, 4.69) is 37.2 Å². The molecular formula is C59H108N8O33. The van der Waals surface area contributed by atoms with E-state index in [0.29, 0.717) is 0 Å². The number of aliphatic hydroxyl groups is 9. The Hall–Kier alpha value is -5.24. The molecule has 0 radical (unpaired) electrons. The molecule has 41 heteroatoms. The summed E-state index contributed by atoms with van der Waals surface area (Å²) >= 11 is 0. The minimum atomic E-state index is -1.46. The molecule has 3 saturated heterocycles. The Labute approximate surface area is 578 Å². The van der Waals surface area contributed by atoms with Crippen LogP contribution in [0, 0.1) is 0 Å². The third kappa shape index (κ3) is 38.3. The number of carboxylic acids is 1. The minimum Gasteiger partial charge on any atom is -0.481 e. The molecule has 0 saturated carbocycles. The number of amides is 7. The number of carbonyl (C=O) groups is 8. The van der Waals surface area contributed by atoms with E-state index in [1.807, 2.05) is 0 Å². The molecule has 0 aromatic rings. The summed E-state index contributed by atoms with van der Waals surface area (Å²) in [5, 5.41) is 116. The standard InChI is InChI=1S/C57H104N8O31.C2H4O2/c1-35(69)62-45-51(79)48(76)38(29-66)94-54(45)91-25-22-85-19-16-82-13-7-59-41(72)4-10-88-32-57(65-44(75)28-58,33-89-11-5-42(73)60-8-14-83-17-20-86-23-26-92-55-46(63-36(2)70)52(80)49(77)39(30-67)95-55)34-90-12-6-43(74)61-9-15-84-18-21-87-24-27-93-56-47(64-37(3)71)53(81)50(78)40(31-68)96-56;1-2(3)4/h38-40,45-56,66-68,76-81H,4-34,58H2,1-3H3,(H,59,72)(H,60,73)(H,61,74)(H,62,69)(H,63,70)(H,64,71)(H,65,75);1H3,(H,3,4). The quantitative estimate of drug-likeness (QED) is 0.0252. The van der Waals surface area contributed by atoms with Crippen LogP contribution >= 0.6 is 0 Å². The second-order valence-corrected chi connectivity index (χ2v) is 22.6. The van der Waals surface area contributed by atoms with Crippen LogP contribution in [0.4, 0.5) is 0 Å². The van der Waals surface area contributed by atoms with Gasteiger partial charge in [-0.1, -0.05) is 0 Å². The lowest BCUT2D eigenvalue weighted by Gasteiger charge is -2.42. The smallest absolute Gasteiger partial charge is 0.300 e. The van der Waals surface area contributed by atoms with Crippen molar-refractivity contribution in [2.24, 2.45) is 5.73 Å². The van der Waals surface area contributed by atoms with E-state index in [0.717, 1.165) is 6.92 Å². The molecular weight excluding hydrogens is 1350 g/mol. The van der Waals surface area contributed by atoms with Crippen LogP contribution in [0.5, 0.6) is 0 Å². The Bertz CT molecular complexity index is 2080. The fourth-order valence-electron chi connectivity index (χ4n) is 9.40. The third-order valence-corrected chi connectivity index (χ3v) is 14.2. The summed E-state index contributed by atoms with van der Waals surface area (Å²) in [6.07, 6.45) is -16.0. The summed E-state index contributed by atoms with van der Waals surface area (Å²) in [7, 11) is 0. The van der Waals surface area contributed by atoms with Crippen LogP contribution in [0.1, 0.15) is 47.0 Å². The number of ether oxygens (including phenoxy) is 15. The summed E-state index contributed by atoms with van der Waals surface area (Å²) in [5.41, 5.74) is 4.25. The van der Waals surface area contributed by atoms with Crippen molar-refractivity contribution in [1.82, 2.24) is 37.2 Å². The highest BCUT2D eigenvalue weighted by Gasteiger charge is 2.48. The zero-order valence-corrected chi connectivity index (χ0v) is 57.0. The van der Waals surface area contributed by atoms with E-state index in [9.17, 15) is 79.5 Å². The van der Waals surface area contributed by atoms with Crippen molar-refractivity contribution in [2.45, 2.75) is 144 Å². The zero-order valence-electron chi connectivity index (χ0n) is 57.0. The van der Waals surface area contributed by atoms with Crippen molar-refractivity contribution in [3.05, 3.63) is 0 Å². The second-order valence-electron chi connectivity index (χ2n) is 22.6. The number of hydrogen-bond acceptors (Lipinski definition) is 33. The number of aliphatic carboxylic acids is 1. The van der Waals surface area contributed by atoms with Crippen LogP contribution in [0.3, 0.4) is 0 Å². The zero-order chi connectivity index (χ0) is 74.3. The van der Waals surface area contributed by atoms with Crippen molar-refractivity contribution in [2.75, 3.05) is 185 Å². The Morgan fingerprint density at radius 1 is 0.370 bits per heavy atom. The van der Waals surface area contributed by atoms with Crippen LogP contribution in [-0.2, 0) is 109 Å². The van der Waals surface area contributed by atoms with Gasteiger partial charge in [0.15, 0.2) is 18.9 Å². The van der Waals surface area contributed by atoms with Gasteiger partial charge in [-0.15, -0.1) is 0 Å². The predicted octanol–water partition coefficient (Wildman–Crippen LogP) is -10.6. The number of nitrogens with two attached hydrogens (primary N) is 1. The van der Waals surface area contributed by atoms with E-state index in [4.69, 9.17) is 86.7 Å². The maximum absolute atomic E-state index is 12.9. The first-order valence-corrected chi connectivity index (χ1v) is 32.6. The van der Waals surface area contributed by atoms with Gasteiger partial charge in [-0.2, -0.15) is 0 Å². The molecule has 15 atom stereocenters. The SMILES string of the molecule is CC(=O)NC1C(OCCOCCOCCNC(=O)CCOCC(COCCC(=O)NCCOCCOCCOC2OC(CO)C(O)C(O)C2NC(C)=O)(COCCC(=O)NCCOCCOCCOC2OC(CO)C(O)C(O)C2NC(C)=O)NC(=O)CN)OC(CO)C(O)C1O.CC(=O)O. The topological polar surface area (TPSA) is 588 Å². The predicted molar refractivity (Wildman–Crippen MR) is 337 cm³/mol. The Morgan fingerprint density at radius 3 is 0.860 bits per heavy atom. The molecule has 100 heavy (non-hydrogen) atoms. The molecule has 15 unspecified atom stereocenters. The first kappa shape index (κ1) is 90.8. The van der Waals surface area contributed by atoms with Crippen LogP contribution in [0.25, 0.3) is 0 Å². The van der Waals surface area contributed by atoms with Gasteiger partial charge in [0, 0.05) is 66.6 Å². The van der Waals surface area contributed by atoms with Crippen LogP contribution in [0.2, 0.25) is 0 Å². The van der Waals surface area contributed by atoms with Gasteiger partial charge in [-0.05, 0) is 0 Å². The lowest BCUT2D eigenvalue weighted by Crippen LogP contribution is -2.64. The monoisotopic (exact) mass is 1460 g/mol. The molecule has 3 aliphatic heterocycles. The molecule has 3 aliphatic rings. The van der Waals surface area contributed by atoms with Gasteiger partial charge in [0.2, 0.25) is 41.4 Å². The fourth-order valence-corrected chi connectivity index (χ4v) is 9.40. The Kier molecular flexibility index (Phi) is 48.6. The number of hydrogen-bond donors (Lipinski definition) is 18. The fraction of sp³-hybridized carbons (Fsp3) is 0.864. The van der Waals surface area contributed by atoms with Crippen molar-refractivity contribution >= 4 is 47.3 Å². The highest BCUT2D eigenvalue weighted by Crippen LogP contribution is 2.25. The van der Waals surface area contributed by atoms with Gasteiger partial charge >= 0.3 is 0 Å². The van der Waals surface area contributed by atoms with E-state index in [1.54, 1.807) is 0 Å². The first-order chi connectivity index (χ1) is 47.8. The highest BCUT2D eigenvalue weighted by molar-refractivity contribution is 5.79. The lowest BCUT2D eigenvalue weighted by molar-refractivity contribution is -0.272. The molecule has 0 bridgehead atoms. The average molecular weight is 1460 g/mol. The molecule has 0 aromatic heterocycles. The van der Waals surface area contributed by atoms with Crippen molar-refractivity contribution in [1.29, 1.82) is 0 Å². The minimum absolute atomic E-state index is 0.0280. The summed E-state index contributed by atoms with van der Waals surface area (Å²) in [6, 6.07) is -3.28. The molecule has 0 aliphatic carbocycles. The van der Waals surface area contributed by atoms with Gasteiger partial charge in [0.05, 0.1) is 165 Å². The average Bonchev–Trinajstić information content (AvgIpc) is 0.825. The number of carboxylic acid groups (broad SMARTS) is 1. The molecule has 19 N–H and O–H groups in total. The van der Waals surface area contributed by atoms with Gasteiger partial charge in [-0.25, -0.2) is 0 Å². The molecule has 3 fully saturated rings. The number of aliphatic hydroxyl groups excluding tert-OH is 9. The summed E-state index contributed by atoms with van der Waals surface area (Å²) in [6.45, 7) is 3.19. The largest absolute Gasteiger partial charge is 0.481 e. The molecule has 7 amide bonds. The summed E-state index contributed by atoms with van der Waals surface area (Å²) < 4.78 is 84.0. The normalized spacial score (nSPS) is 25.6. The highest BCUT2D eigenvalue weighted by atomic mass is 16.7. The van der Waals surface area contributed by atoms with Gasteiger partial charge in [0.1, 0.15) is 78.6 Å². The van der Waals surface area contributed by atoms with Gasteiger partial charge < -0.3 is 165 Å². The van der Waals surface area contributed by atoms with E-state index >= 15 is 0 Å². The second kappa shape index (κ2) is 53.5. The maximum Gasteiger partial charge on any atom is 0.300 e. The van der Waals surface area contributed by atoms with Crippen molar-refractivity contribution in [3.8, 4) is 0 Å². The first-order valence-electron chi connectivity index (χ1n) is 32.6.